The number of amides is 5. The van der Waals surface area contributed by atoms with E-state index >= 15 is 0 Å². The maximum atomic E-state index is 13.5. The molecule has 6 N–H and O–H groups in total. The number of aliphatic hydroxyl groups is 1. The van der Waals surface area contributed by atoms with Gasteiger partial charge in [-0.15, -0.1) is 0 Å². The topological polar surface area (TPSA) is 224 Å². The molecule has 0 aromatic carbocycles. The molecule has 1 aliphatic heterocycles. The zero-order valence-electron chi connectivity index (χ0n) is 33.7. The van der Waals surface area contributed by atoms with Gasteiger partial charge in [-0.2, -0.15) is 13.2 Å². The number of hydrogen-bond acceptors (Lipinski definition) is 10. The lowest BCUT2D eigenvalue weighted by Gasteiger charge is -2.31. The molecule has 1 rings (SSSR count). The molecule has 316 valence electrons. The van der Waals surface area contributed by atoms with Crippen molar-refractivity contribution in [1.82, 2.24) is 31.1 Å². The van der Waals surface area contributed by atoms with Crippen LogP contribution in [0.3, 0.4) is 0 Å². The third-order valence-corrected chi connectivity index (χ3v) is 8.60. The lowest BCUT2D eigenvalue weighted by molar-refractivity contribution is -0.192. The van der Waals surface area contributed by atoms with Crippen LogP contribution in [0.2, 0.25) is 0 Å². The van der Waals surface area contributed by atoms with Gasteiger partial charge >= 0.3 is 18.1 Å². The molecule has 55 heavy (non-hydrogen) atoms. The first kappa shape index (κ1) is 50.7. The van der Waals surface area contributed by atoms with E-state index < -0.39 is 84.1 Å². The Balaban J connectivity index is 0.00000377. The number of halogens is 3. The van der Waals surface area contributed by atoms with E-state index in [0.717, 1.165) is 6.42 Å². The summed E-state index contributed by atoms with van der Waals surface area (Å²) in [5.41, 5.74) is 0. The summed E-state index contributed by atoms with van der Waals surface area (Å²) in [5.74, 6) is -5.43. The molecule has 0 bridgehead atoms. The van der Waals surface area contributed by atoms with E-state index in [4.69, 9.17) is 14.6 Å². The highest BCUT2D eigenvalue weighted by Crippen LogP contribution is 2.20. The van der Waals surface area contributed by atoms with Gasteiger partial charge in [0.1, 0.15) is 24.2 Å². The predicted octanol–water partition coefficient (Wildman–Crippen LogP) is 1.36. The summed E-state index contributed by atoms with van der Waals surface area (Å²) >= 11 is 0. The number of nitrogens with one attached hydrogen (secondary N) is 4. The van der Waals surface area contributed by atoms with Crippen molar-refractivity contribution in [2.45, 2.75) is 130 Å². The Labute approximate surface area is 321 Å². The molecular formula is C36H61F3N6O10. The van der Waals surface area contributed by atoms with Crippen LogP contribution in [0.1, 0.15) is 81.1 Å². The first-order valence-corrected chi connectivity index (χ1v) is 18.2. The van der Waals surface area contributed by atoms with E-state index in [-0.39, 0.29) is 36.6 Å². The lowest BCUT2D eigenvalue weighted by atomic mass is 9.96. The quantitative estimate of drug-likeness (QED) is 0.0859. The number of carbonyl (C=O) groups excluding carboxylic acids is 6. The number of aliphatic hydroxyl groups excluding tert-OH is 1. The normalized spacial score (nSPS) is 19.1. The second-order valence-corrected chi connectivity index (χ2v) is 14.8. The largest absolute Gasteiger partial charge is 0.490 e. The number of likely N-dealkylation sites (tertiary alicyclic amines) is 1. The van der Waals surface area contributed by atoms with Crippen LogP contribution in [0.4, 0.5) is 13.2 Å². The number of alkyl halides is 3. The van der Waals surface area contributed by atoms with Gasteiger partial charge in [0.05, 0.1) is 19.3 Å². The van der Waals surface area contributed by atoms with Gasteiger partial charge in [0.25, 0.3) is 0 Å². The molecule has 16 nitrogen and oxygen atoms in total. The third kappa shape index (κ3) is 18.3. The molecule has 0 saturated carbocycles. The number of methoxy groups -OCH3 is 1. The molecule has 1 aliphatic rings. The van der Waals surface area contributed by atoms with Gasteiger partial charge in [-0.3, -0.25) is 28.9 Å². The number of carbonyl (C=O) groups is 7. The number of hydrogen-bond donors (Lipinski definition) is 6. The van der Waals surface area contributed by atoms with Crippen LogP contribution in [0.5, 0.6) is 0 Å². The molecule has 0 radical (unpaired) electrons. The fraction of sp³-hybridized carbons (Fsp3) is 0.750. The van der Waals surface area contributed by atoms with Crippen LogP contribution in [-0.4, -0.2) is 138 Å². The standard InChI is InChI=1S/C34H60N6O8.C2HF3O2/c1-12-21(6)29(39(9)10)32(45)38-26(16-20(4)5)31(44)37-25(15-19(2)3)30(43)35-22(7)13-14-28(42)36-23(8)33(46)40-18-24(41)17-27(40)34(47)48-11;3-2(4,5)1(6)7/h13-14,19-27,29,41H,12,15-18H2,1-11H3,(H,35,43)(H,36,42)(H,37,44)(H,38,45);(H,6,7)/b14-13+;/t21-,22-,23-,24-,25-,26-,27-,29-;/m0./s1. The van der Waals surface area contributed by atoms with Crippen molar-refractivity contribution in [3.63, 3.8) is 0 Å². The zero-order chi connectivity index (χ0) is 43.0. The summed E-state index contributed by atoms with van der Waals surface area (Å²) in [6.07, 6.45) is -1.73. The number of aliphatic carboxylic acids is 1. The Morgan fingerprint density at radius 1 is 0.855 bits per heavy atom. The molecule has 0 unspecified atom stereocenters. The molecule has 1 fully saturated rings. The van der Waals surface area contributed by atoms with Crippen LogP contribution in [0.25, 0.3) is 0 Å². The number of carboxylic acid groups (broad SMARTS) is 1. The van der Waals surface area contributed by atoms with Gasteiger partial charge < -0.3 is 41.1 Å². The number of ether oxygens (including phenoxy) is 1. The summed E-state index contributed by atoms with van der Waals surface area (Å²) in [5, 5.41) is 28.2. The SMILES string of the molecule is CC[C@H](C)[C@@H](C(=O)N[C@@H](CC(C)C)C(=O)N[C@@H](CC(C)C)C(=O)N[C@@H](C)/C=C/C(=O)N[C@@H](C)C(=O)N1C[C@@H](O)C[C@H]1C(=O)OC)N(C)C.O=C(O)C(F)(F)F. The van der Waals surface area contributed by atoms with E-state index in [1.54, 1.807) is 6.92 Å². The van der Waals surface area contributed by atoms with Crippen molar-refractivity contribution >= 4 is 41.5 Å². The average molecular weight is 795 g/mol. The van der Waals surface area contributed by atoms with Crippen molar-refractivity contribution in [2.24, 2.45) is 17.8 Å². The minimum absolute atomic E-state index is 0.0505. The molecule has 0 aromatic heterocycles. The van der Waals surface area contributed by atoms with Crippen molar-refractivity contribution in [3.8, 4) is 0 Å². The van der Waals surface area contributed by atoms with Crippen molar-refractivity contribution in [2.75, 3.05) is 27.7 Å². The molecule has 1 saturated heterocycles. The number of esters is 1. The first-order chi connectivity index (χ1) is 25.3. The number of rotatable bonds is 18. The highest BCUT2D eigenvalue weighted by atomic mass is 19.4. The summed E-state index contributed by atoms with van der Waals surface area (Å²) < 4.78 is 36.5. The van der Waals surface area contributed by atoms with Crippen LogP contribution >= 0.6 is 0 Å². The second-order valence-electron chi connectivity index (χ2n) is 14.8. The summed E-state index contributed by atoms with van der Waals surface area (Å²) in [7, 11) is 4.86. The monoisotopic (exact) mass is 794 g/mol. The van der Waals surface area contributed by atoms with Crippen molar-refractivity contribution < 1.29 is 61.7 Å². The summed E-state index contributed by atoms with van der Waals surface area (Å²) in [6.45, 7) is 14.9. The fourth-order valence-electron chi connectivity index (χ4n) is 5.75. The smallest absolute Gasteiger partial charge is 0.475 e. The Bertz CT molecular complexity index is 1340. The second kappa shape index (κ2) is 23.6. The van der Waals surface area contributed by atoms with Crippen LogP contribution in [0, 0.1) is 17.8 Å². The highest BCUT2D eigenvalue weighted by Gasteiger charge is 2.41. The fourth-order valence-corrected chi connectivity index (χ4v) is 5.75. The zero-order valence-corrected chi connectivity index (χ0v) is 33.7. The van der Waals surface area contributed by atoms with Crippen LogP contribution in [0.15, 0.2) is 12.2 Å². The van der Waals surface area contributed by atoms with Crippen molar-refractivity contribution in [1.29, 1.82) is 0 Å². The number of likely N-dealkylation sites (N-methyl/N-ethyl adjacent to an activating group) is 1. The molecule has 5 amide bonds. The van der Waals surface area contributed by atoms with Gasteiger partial charge in [0, 0.05) is 25.1 Å². The first-order valence-electron chi connectivity index (χ1n) is 18.2. The molecule has 8 atom stereocenters. The third-order valence-electron chi connectivity index (χ3n) is 8.60. The summed E-state index contributed by atoms with van der Waals surface area (Å²) in [6, 6.07) is -4.66. The highest BCUT2D eigenvalue weighted by molar-refractivity contribution is 5.95. The average Bonchev–Trinajstić information content (AvgIpc) is 3.46. The number of nitrogens with zero attached hydrogens (tertiary/aromatic N) is 2. The van der Waals surface area contributed by atoms with E-state index in [2.05, 4.69) is 21.3 Å². The van der Waals surface area contributed by atoms with E-state index in [1.807, 2.05) is 60.5 Å². The number of β-amino-alcohol motifs (C(OH)–C–C–N with tert-alkyl or cyclic N) is 1. The minimum atomic E-state index is -5.08. The molecule has 19 heteroatoms. The molecule has 0 aliphatic carbocycles. The molecular weight excluding hydrogens is 733 g/mol. The maximum Gasteiger partial charge on any atom is 0.490 e. The molecule has 1 heterocycles. The minimum Gasteiger partial charge on any atom is -0.475 e. The van der Waals surface area contributed by atoms with Gasteiger partial charge in [-0.05, 0) is 58.5 Å². The van der Waals surface area contributed by atoms with Crippen molar-refractivity contribution in [3.05, 3.63) is 12.2 Å². The lowest BCUT2D eigenvalue weighted by Crippen LogP contribution is -2.57. The Morgan fingerprint density at radius 2 is 1.33 bits per heavy atom. The van der Waals surface area contributed by atoms with Crippen LogP contribution < -0.4 is 21.3 Å². The van der Waals surface area contributed by atoms with Gasteiger partial charge in [-0.25, -0.2) is 9.59 Å². The van der Waals surface area contributed by atoms with E-state index in [1.165, 1.54) is 31.1 Å². The Kier molecular flexibility index (Phi) is 21.8. The number of carboxylic acids is 1. The maximum absolute atomic E-state index is 13.5. The Morgan fingerprint density at radius 3 is 1.75 bits per heavy atom. The van der Waals surface area contributed by atoms with Crippen LogP contribution in [-0.2, 0) is 38.3 Å². The van der Waals surface area contributed by atoms with E-state index in [0.29, 0.717) is 12.8 Å². The molecule has 0 aromatic rings. The van der Waals surface area contributed by atoms with E-state index in [9.17, 15) is 47.0 Å². The summed E-state index contributed by atoms with van der Waals surface area (Å²) in [4.78, 5) is 89.7. The predicted molar refractivity (Wildman–Crippen MR) is 196 cm³/mol. The van der Waals surface area contributed by atoms with Gasteiger partial charge in [-0.1, -0.05) is 54.0 Å². The Hall–Kier alpha value is -4.26. The van der Waals surface area contributed by atoms with Gasteiger partial charge in [0.2, 0.25) is 29.5 Å². The molecule has 0 spiro atoms. The van der Waals surface area contributed by atoms with Gasteiger partial charge in [0.15, 0.2) is 0 Å².